The van der Waals surface area contributed by atoms with Crippen molar-refractivity contribution in [3.05, 3.63) is 170 Å². The van der Waals surface area contributed by atoms with Crippen molar-refractivity contribution in [2.24, 2.45) is 0 Å². The summed E-state index contributed by atoms with van der Waals surface area (Å²) in [6.07, 6.45) is 3.76. The van der Waals surface area contributed by atoms with Crippen LogP contribution in [0.5, 0.6) is 0 Å². The lowest BCUT2D eigenvalue weighted by Crippen LogP contribution is -1.92. The number of hydrogen-bond acceptors (Lipinski definition) is 4. The molecule has 10 aromatic rings. The molecule has 0 radical (unpaired) electrons. The van der Waals surface area contributed by atoms with Gasteiger partial charge in [0.05, 0.1) is 22.4 Å². The lowest BCUT2D eigenvalue weighted by molar-refractivity contribution is 1.18. The maximum atomic E-state index is 5.26. The largest absolute Gasteiger partial charge is 0.245 e. The molecule has 0 aliphatic carbocycles. The van der Waals surface area contributed by atoms with E-state index in [0.29, 0.717) is 5.82 Å². The number of nitrogens with zero attached hydrogens (tertiary/aromatic N) is 4. The fourth-order valence-electron chi connectivity index (χ4n) is 7.20. The topological polar surface area (TPSA) is 51.6 Å². The van der Waals surface area contributed by atoms with E-state index in [1.54, 1.807) is 0 Å². The Kier molecular flexibility index (Phi) is 6.46. The van der Waals surface area contributed by atoms with Crippen molar-refractivity contribution in [2.75, 3.05) is 0 Å². The number of rotatable bonds is 4. The lowest BCUT2D eigenvalue weighted by Gasteiger charge is -2.12. The first-order valence-corrected chi connectivity index (χ1v) is 16.8. The molecular weight excluding hydrogens is 609 g/mol. The van der Waals surface area contributed by atoms with Gasteiger partial charge in [-0.3, -0.25) is 0 Å². The van der Waals surface area contributed by atoms with Gasteiger partial charge in [-0.15, -0.1) is 0 Å². The predicted molar refractivity (Wildman–Crippen MR) is 207 cm³/mol. The van der Waals surface area contributed by atoms with Crippen LogP contribution in [-0.2, 0) is 0 Å². The summed E-state index contributed by atoms with van der Waals surface area (Å²) in [6.45, 7) is 0. The molecule has 0 N–H and O–H groups in total. The van der Waals surface area contributed by atoms with E-state index >= 15 is 0 Å². The first-order chi connectivity index (χ1) is 24.8. The summed E-state index contributed by atoms with van der Waals surface area (Å²) in [5.41, 5.74) is 8.79. The van der Waals surface area contributed by atoms with E-state index in [1.807, 2.05) is 30.6 Å². The van der Waals surface area contributed by atoms with Crippen LogP contribution < -0.4 is 0 Å². The highest BCUT2D eigenvalue weighted by atomic mass is 14.9. The van der Waals surface area contributed by atoms with Crippen molar-refractivity contribution in [1.82, 2.24) is 19.9 Å². The molecule has 50 heavy (non-hydrogen) atoms. The van der Waals surface area contributed by atoms with Crippen LogP contribution in [0, 0.1) is 0 Å². The average Bonchev–Trinajstić information content (AvgIpc) is 3.21. The quantitative estimate of drug-likeness (QED) is 0.180. The third-order valence-corrected chi connectivity index (χ3v) is 9.76. The molecule has 0 unspecified atom stereocenters. The summed E-state index contributed by atoms with van der Waals surface area (Å²) in [5, 5.41) is 9.68. The van der Waals surface area contributed by atoms with Crippen molar-refractivity contribution < 1.29 is 0 Å². The molecule has 0 bridgehead atoms. The Bertz CT molecular complexity index is 2860. The Hall–Kier alpha value is -6.78. The van der Waals surface area contributed by atoms with Gasteiger partial charge in [-0.05, 0) is 56.1 Å². The second-order valence-corrected chi connectivity index (χ2v) is 12.7. The highest BCUT2D eigenvalue weighted by molar-refractivity contribution is 6.25. The molecule has 0 atom stereocenters. The smallest absolute Gasteiger partial charge is 0.159 e. The summed E-state index contributed by atoms with van der Waals surface area (Å²) in [4.78, 5) is 19.7. The van der Waals surface area contributed by atoms with Gasteiger partial charge in [0.1, 0.15) is 0 Å². The van der Waals surface area contributed by atoms with Gasteiger partial charge in [-0.1, -0.05) is 140 Å². The second kappa shape index (κ2) is 11.4. The zero-order chi connectivity index (χ0) is 33.0. The molecule has 232 valence electrons. The Labute approximate surface area is 288 Å². The third kappa shape index (κ3) is 4.69. The fourth-order valence-corrected chi connectivity index (χ4v) is 7.20. The van der Waals surface area contributed by atoms with Crippen LogP contribution in [0.4, 0.5) is 0 Å². The summed E-state index contributed by atoms with van der Waals surface area (Å²) in [7, 11) is 0. The minimum absolute atomic E-state index is 0.695. The van der Waals surface area contributed by atoms with Crippen LogP contribution in [0.15, 0.2) is 170 Å². The van der Waals surface area contributed by atoms with Crippen LogP contribution in [0.3, 0.4) is 0 Å². The van der Waals surface area contributed by atoms with Gasteiger partial charge < -0.3 is 0 Å². The standard InChI is InChI=1S/C46H28N4/c1-2-8-29(9-3-1)35-27-47-46(48-28-35)33-18-14-30(15-19-33)42-24-21-31-16-17-32-22-25-43(50-45(32)44(31)49-42)34-20-23-40-38-12-5-4-10-36(38)37-11-6-7-13-39(37)41(40)26-34/h1-28H. The Morgan fingerprint density at radius 2 is 0.760 bits per heavy atom. The summed E-state index contributed by atoms with van der Waals surface area (Å²) in [5.74, 6) is 0.695. The third-order valence-electron chi connectivity index (χ3n) is 9.76. The minimum Gasteiger partial charge on any atom is -0.245 e. The highest BCUT2D eigenvalue weighted by Crippen LogP contribution is 2.37. The summed E-state index contributed by atoms with van der Waals surface area (Å²) < 4.78 is 0. The van der Waals surface area contributed by atoms with Gasteiger partial charge in [0.15, 0.2) is 5.82 Å². The normalized spacial score (nSPS) is 11.6. The van der Waals surface area contributed by atoms with Crippen LogP contribution in [-0.4, -0.2) is 19.9 Å². The van der Waals surface area contributed by atoms with E-state index in [0.717, 1.165) is 61.0 Å². The molecule has 0 aliphatic heterocycles. The van der Waals surface area contributed by atoms with Gasteiger partial charge >= 0.3 is 0 Å². The molecular formula is C46H28N4. The highest BCUT2D eigenvalue weighted by Gasteiger charge is 2.13. The average molecular weight is 637 g/mol. The maximum Gasteiger partial charge on any atom is 0.159 e. The zero-order valence-corrected chi connectivity index (χ0v) is 27.0. The van der Waals surface area contributed by atoms with Gasteiger partial charge in [0.2, 0.25) is 0 Å². The molecule has 4 nitrogen and oxygen atoms in total. The molecule has 0 spiro atoms. The van der Waals surface area contributed by atoms with E-state index in [4.69, 9.17) is 9.97 Å². The molecule has 0 aliphatic rings. The van der Waals surface area contributed by atoms with Gasteiger partial charge in [0.25, 0.3) is 0 Å². The molecule has 3 heterocycles. The van der Waals surface area contributed by atoms with Crippen LogP contribution in [0.25, 0.3) is 99.2 Å². The molecule has 0 saturated carbocycles. The van der Waals surface area contributed by atoms with E-state index in [2.05, 4.69) is 149 Å². The molecule has 4 heteroatoms. The van der Waals surface area contributed by atoms with Crippen molar-refractivity contribution in [1.29, 1.82) is 0 Å². The number of hydrogen-bond donors (Lipinski definition) is 0. The second-order valence-electron chi connectivity index (χ2n) is 12.7. The number of pyridine rings is 2. The lowest BCUT2D eigenvalue weighted by atomic mass is 9.93. The maximum absolute atomic E-state index is 5.26. The van der Waals surface area contributed by atoms with E-state index in [9.17, 15) is 0 Å². The van der Waals surface area contributed by atoms with Crippen LogP contribution in [0.1, 0.15) is 0 Å². The monoisotopic (exact) mass is 636 g/mol. The molecule has 10 rings (SSSR count). The minimum atomic E-state index is 0.695. The van der Waals surface area contributed by atoms with E-state index < -0.39 is 0 Å². The summed E-state index contributed by atoms with van der Waals surface area (Å²) >= 11 is 0. The number of aromatic nitrogens is 4. The fraction of sp³-hybridized carbons (Fsp3) is 0. The van der Waals surface area contributed by atoms with Crippen molar-refractivity contribution >= 4 is 54.1 Å². The van der Waals surface area contributed by atoms with Crippen molar-refractivity contribution in [3.63, 3.8) is 0 Å². The van der Waals surface area contributed by atoms with Gasteiger partial charge in [-0.25, -0.2) is 19.9 Å². The predicted octanol–water partition coefficient (Wildman–Crippen LogP) is 11.7. The van der Waals surface area contributed by atoms with Crippen LogP contribution >= 0.6 is 0 Å². The Balaban J connectivity index is 1.03. The summed E-state index contributed by atoms with van der Waals surface area (Å²) in [6, 6.07) is 55.3. The van der Waals surface area contributed by atoms with Crippen molar-refractivity contribution in [2.45, 2.75) is 0 Å². The van der Waals surface area contributed by atoms with Gasteiger partial charge in [0, 0.05) is 45.4 Å². The molecule has 0 amide bonds. The van der Waals surface area contributed by atoms with Crippen LogP contribution in [0.2, 0.25) is 0 Å². The molecule has 0 fully saturated rings. The Morgan fingerprint density at radius 3 is 1.36 bits per heavy atom. The zero-order valence-electron chi connectivity index (χ0n) is 27.0. The molecule has 7 aromatic carbocycles. The first kappa shape index (κ1) is 28.3. The number of fused-ring (bicyclic) bond motifs is 9. The van der Waals surface area contributed by atoms with Crippen molar-refractivity contribution in [3.8, 4) is 45.0 Å². The Morgan fingerprint density at radius 1 is 0.300 bits per heavy atom. The van der Waals surface area contributed by atoms with E-state index in [-0.39, 0.29) is 0 Å². The van der Waals surface area contributed by atoms with Gasteiger partial charge in [-0.2, -0.15) is 0 Å². The number of benzene rings is 7. The van der Waals surface area contributed by atoms with E-state index in [1.165, 1.54) is 32.3 Å². The first-order valence-electron chi connectivity index (χ1n) is 16.8. The molecule has 3 aromatic heterocycles. The molecule has 0 saturated heterocycles. The SMILES string of the molecule is c1ccc(-c2cnc(-c3ccc(-c4ccc5ccc6ccc(-c7ccc8c9ccccc9c9ccccc9c8c7)nc6c5n4)cc3)nc2)cc1.